The van der Waals surface area contributed by atoms with Gasteiger partial charge in [0.2, 0.25) is 0 Å². The van der Waals surface area contributed by atoms with Crippen LogP contribution in [0.1, 0.15) is 31.8 Å². The summed E-state index contributed by atoms with van der Waals surface area (Å²) in [6.07, 6.45) is 0. The normalized spacial score (nSPS) is 10.7. The predicted molar refractivity (Wildman–Crippen MR) is 97.3 cm³/mol. The van der Waals surface area contributed by atoms with Crippen molar-refractivity contribution in [3.8, 4) is 0 Å². The van der Waals surface area contributed by atoms with E-state index in [0.29, 0.717) is 24.3 Å². The van der Waals surface area contributed by atoms with Crippen LogP contribution in [0.4, 0.5) is 26.3 Å². The van der Waals surface area contributed by atoms with E-state index in [1.54, 1.807) is 0 Å². The Labute approximate surface area is 177 Å². The van der Waals surface area contributed by atoms with Crippen LogP contribution in [0.5, 0.6) is 0 Å². The van der Waals surface area contributed by atoms with Gasteiger partial charge in [-0.3, -0.25) is 0 Å². The van der Waals surface area contributed by atoms with E-state index in [1.165, 1.54) is 24.3 Å². The molecule has 4 nitrogen and oxygen atoms in total. The van der Waals surface area contributed by atoms with Crippen molar-refractivity contribution in [1.82, 2.24) is 0 Å². The Morgan fingerprint density at radius 2 is 0.844 bits per heavy atom. The van der Waals surface area contributed by atoms with Crippen LogP contribution in [0.3, 0.4) is 0 Å². The van der Waals surface area contributed by atoms with E-state index in [2.05, 4.69) is 0 Å². The summed E-state index contributed by atoms with van der Waals surface area (Å²) in [6.45, 7) is -1.32. The summed E-state index contributed by atoms with van der Waals surface area (Å²) in [4.78, 5) is 24.1. The molecule has 0 saturated carbocycles. The molecular weight excluding hydrogens is 442 g/mol. The molecule has 3 rings (SSSR count). The fourth-order valence-electron chi connectivity index (χ4n) is 2.54. The summed E-state index contributed by atoms with van der Waals surface area (Å²) in [5.41, 5.74) is -0.837. The maximum Gasteiger partial charge on any atom is 0.338 e. The molecule has 0 bridgehead atoms. The molecule has 3 aromatic rings. The zero-order chi connectivity index (χ0) is 23.4. The summed E-state index contributed by atoms with van der Waals surface area (Å²) in [6, 6.07) is 6.49. The van der Waals surface area contributed by atoms with Crippen LogP contribution in [0.2, 0.25) is 0 Å². The first-order chi connectivity index (χ1) is 15.2. The van der Waals surface area contributed by atoms with Crippen molar-refractivity contribution in [3.63, 3.8) is 0 Å². The van der Waals surface area contributed by atoms with Crippen molar-refractivity contribution in [2.24, 2.45) is 0 Å². The Kier molecular flexibility index (Phi) is 6.82. The average molecular weight is 454 g/mol. The Balaban J connectivity index is 1.59. The second-order valence-corrected chi connectivity index (χ2v) is 6.45. The van der Waals surface area contributed by atoms with Crippen LogP contribution in [-0.2, 0) is 22.7 Å². The Hall–Kier alpha value is -3.82. The fraction of sp³-hybridized carbons (Fsp3) is 0.0909. The molecule has 0 saturated heterocycles. The first-order valence-electron chi connectivity index (χ1n) is 8.87. The first kappa shape index (κ1) is 22.9. The zero-order valence-electron chi connectivity index (χ0n) is 15.9. The molecule has 0 fully saturated rings. The highest BCUT2D eigenvalue weighted by Crippen LogP contribution is 2.17. The van der Waals surface area contributed by atoms with Crippen LogP contribution in [-0.4, -0.2) is 11.9 Å². The molecule has 0 N–H and O–H groups in total. The lowest BCUT2D eigenvalue weighted by Gasteiger charge is -2.08. The second-order valence-electron chi connectivity index (χ2n) is 6.45. The van der Waals surface area contributed by atoms with Crippen LogP contribution in [0, 0.1) is 34.9 Å². The quantitative estimate of drug-likeness (QED) is 0.291. The molecule has 0 unspecified atom stereocenters. The summed E-state index contributed by atoms with van der Waals surface area (Å²) in [5, 5.41) is 0. The van der Waals surface area contributed by atoms with Gasteiger partial charge >= 0.3 is 11.9 Å². The Morgan fingerprint density at radius 3 is 1.19 bits per heavy atom. The molecule has 0 radical (unpaired) electrons. The molecule has 0 spiro atoms. The first-order valence-corrected chi connectivity index (χ1v) is 8.87. The van der Waals surface area contributed by atoms with E-state index < -0.39 is 60.1 Å². The van der Waals surface area contributed by atoms with Crippen molar-refractivity contribution in [2.45, 2.75) is 13.2 Å². The van der Waals surface area contributed by atoms with Gasteiger partial charge in [-0.25, -0.2) is 35.9 Å². The number of rotatable bonds is 6. The van der Waals surface area contributed by atoms with E-state index in [4.69, 9.17) is 9.47 Å². The topological polar surface area (TPSA) is 52.6 Å². The lowest BCUT2D eigenvalue weighted by molar-refractivity contribution is 0.0454. The van der Waals surface area contributed by atoms with Gasteiger partial charge in [0, 0.05) is 23.3 Å². The second kappa shape index (κ2) is 9.54. The minimum absolute atomic E-state index is 0.0452. The van der Waals surface area contributed by atoms with Gasteiger partial charge < -0.3 is 9.47 Å². The standard InChI is InChI=1S/C22H12F6O4/c23-15-7-19(27)17(25)5-13(15)9-31-21(29)11-1-2-12(4-3-11)22(30)32-10-14-6-18(26)20(28)8-16(14)24/h1-8H,9-10H2. The molecule has 0 aromatic heterocycles. The Morgan fingerprint density at radius 1 is 0.531 bits per heavy atom. The van der Waals surface area contributed by atoms with Crippen LogP contribution in [0.15, 0.2) is 48.5 Å². The van der Waals surface area contributed by atoms with Crippen LogP contribution >= 0.6 is 0 Å². The van der Waals surface area contributed by atoms with E-state index in [9.17, 15) is 35.9 Å². The summed E-state index contributed by atoms with van der Waals surface area (Å²) >= 11 is 0. The molecule has 0 amide bonds. The third-order valence-electron chi connectivity index (χ3n) is 4.25. The minimum atomic E-state index is -1.38. The Bertz CT molecular complexity index is 1090. The van der Waals surface area contributed by atoms with Gasteiger partial charge in [0.05, 0.1) is 11.1 Å². The average Bonchev–Trinajstić information content (AvgIpc) is 2.76. The van der Waals surface area contributed by atoms with Gasteiger partial charge in [-0.15, -0.1) is 0 Å². The number of hydrogen-bond donors (Lipinski definition) is 0. The molecular formula is C22H12F6O4. The van der Waals surface area contributed by atoms with Crippen molar-refractivity contribution >= 4 is 11.9 Å². The number of halogens is 6. The largest absolute Gasteiger partial charge is 0.457 e. The van der Waals surface area contributed by atoms with Gasteiger partial charge in [-0.2, -0.15) is 0 Å². The van der Waals surface area contributed by atoms with Crippen molar-refractivity contribution in [2.75, 3.05) is 0 Å². The molecule has 166 valence electrons. The van der Waals surface area contributed by atoms with E-state index in [0.717, 1.165) is 0 Å². The van der Waals surface area contributed by atoms with E-state index >= 15 is 0 Å². The highest BCUT2D eigenvalue weighted by molar-refractivity contribution is 5.93. The smallest absolute Gasteiger partial charge is 0.338 e. The summed E-state index contributed by atoms with van der Waals surface area (Å²) in [7, 11) is 0. The summed E-state index contributed by atoms with van der Waals surface area (Å²) < 4.78 is 89.0. The van der Waals surface area contributed by atoms with Gasteiger partial charge in [0.25, 0.3) is 0 Å². The molecule has 32 heavy (non-hydrogen) atoms. The maximum absolute atomic E-state index is 13.6. The number of hydrogen-bond acceptors (Lipinski definition) is 4. The number of ether oxygens (including phenoxy) is 2. The predicted octanol–water partition coefficient (Wildman–Crippen LogP) is 5.24. The lowest BCUT2D eigenvalue weighted by atomic mass is 10.1. The minimum Gasteiger partial charge on any atom is -0.457 e. The lowest BCUT2D eigenvalue weighted by Crippen LogP contribution is -2.09. The molecule has 10 heteroatoms. The van der Waals surface area contributed by atoms with Gasteiger partial charge in [-0.05, 0) is 36.4 Å². The van der Waals surface area contributed by atoms with Crippen molar-refractivity contribution < 1.29 is 45.4 Å². The summed E-state index contributed by atoms with van der Waals surface area (Å²) in [5.74, 6) is -9.41. The monoisotopic (exact) mass is 454 g/mol. The molecule has 0 heterocycles. The van der Waals surface area contributed by atoms with Crippen molar-refractivity contribution in [1.29, 1.82) is 0 Å². The number of benzene rings is 3. The van der Waals surface area contributed by atoms with E-state index in [1.807, 2.05) is 0 Å². The molecule has 0 aliphatic rings. The van der Waals surface area contributed by atoms with Gasteiger partial charge in [-0.1, -0.05) is 0 Å². The third-order valence-corrected chi connectivity index (χ3v) is 4.25. The van der Waals surface area contributed by atoms with Crippen LogP contribution < -0.4 is 0 Å². The number of carbonyl (C=O) groups is 2. The van der Waals surface area contributed by atoms with Crippen LogP contribution in [0.25, 0.3) is 0 Å². The highest BCUT2D eigenvalue weighted by Gasteiger charge is 2.16. The zero-order valence-corrected chi connectivity index (χ0v) is 15.9. The molecule has 0 aliphatic carbocycles. The van der Waals surface area contributed by atoms with Gasteiger partial charge in [0.15, 0.2) is 23.3 Å². The van der Waals surface area contributed by atoms with Gasteiger partial charge in [0.1, 0.15) is 24.8 Å². The number of esters is 2. The SMILES string of the molecule is O=C(OCc1cc(F)c(F)cc1F)c1ccc(C(=O)OCc2cc(F)c(F)cc2F)cc1. The highest BCUT2D eigenvalue weighted by atomic mass is 19.2. The van der Waals surface area contributed by atoms with E-state index in [-0.39, 0.29) is 22.3 Å². The molecule has 0 aliphatic heterocycles. The maximum atomic E-state index is 13.6. The third kappa shape index (κ3) is 5.26. The molecule has 0 atom stereocenters. The fourth-order valence-corrected chi connectivity index (χ4v) is 2.54. The number of carbonyl (C=O) groups excluding carboxylic acids is 2. The van der Waals surface area contributed by atoms with Crippen molar-refractivity contribution in [3.05, 3.63) is 106 Å². The molecule has 3 aromatic carbocycles.